The van der Waals surface area contributed by atoms with Gasteiger partial charge in [0.05, 0.1) is 12.7 Å². The largest absolute Gasteiger partial charge is 0.496 e. The highest BCUT2D eigenvalue weighted by Gasteiger charge is 2.30. The Bertz CT molecular complexity index is 336. The van der Waals surface area contributed by atoms with Gasteiger partial charge in [-0.05, 0) is 35.9 Å². The number of hydrogen-bond acceptors (Lipinski definition) is 2. The van der Waals surface area contributed by atoms with Gasteiger partial charge in [0.25, 0.3) is 0 Å². The Hall–Kier alpha value is -0.840. The number of alkyl halides is 3. The van der Waals surface area contributed by atoms with Crippen molar-refractivity contribution in [2.24, 2.45) is 0 Å². The molecular weight excluding hydrogens is 225 g/mol. The van der Waals surface area contributed by atoms with E-state index < -0.39 is 11.7 Å². The number of halogens is 3. The van der Waals surface area contributed by atoms with E-state index in [1.807, 2.05) is 0 Å². The van der Waals surface area contributed by atoms with Crippen LogP contribution >= 0.6 is 12.6 Å². The van der Waals surface area contributed by atoms with Gasteiger partial charge < -0.3 is 4.74 Å². The van der Waals surface area contributed by atoms with E-state index in [0.29, 0.717) is 23.5 Å². The van der Waals surface area contributed by atoms with Crippen LogP contribution in [0, 0.1) is 0 Å². The lowest BCUT2D eigenvalue weighted by Crippen LogP contribution is -2.06. The predicted octanol–water partition coefficient (Wildman–Crippen LogP) is 3.19. The molecular formula is C10H11F3OS. The van der Waals surface area contributed by atoms with Gasteiger partial charge in [0.1, 0.15) is 5.75 Å². The third kappa shape index (κ3) is 3.06. The van der Waals surface area contributed by atoms with Crippen molar-refractivity contribution >= 4 is 12.6 Å². The van der Waals surface area contributed by atoms with Crippen LogP contribution in [-0.2, 0) is 12.6 Å². The van der Waals surface area contributed by atoms with Gasteiger partial charge in [-0.3, -0.25) is 0 Å². The number of methoxy groups -OCH3 is 1. The average molecular weight is 236 g/mol. The van der Waals surface area contributed by atoms with Gasteiger partial charge in [-0.25, -0.2) is 0 Å². The quantitative estimate of drug-likeness (QED) is 0.793. The van der Waals surface area contributed by atoms with Crippen molar-refractivity contribution in [1.82, 2.24) is 0 Å². The molecule has 1 aromatic carbocycles. The zero-order chi connectivity index (χ0) is 11.5. The van der Waals surface area contributed by atoms with E-state index in [1.165, 1.54) is 13.2 Å². The highest BCUT2D eigenvalue weighted by Crippen LogP contribution is 2.32. The smallest absolute Gasteiger partial charge is 0.416 e. The molecule has 5 heteroatoms. The summed E-state index contributed by atoms with van der Waals surface area (Å²) in [6, 6.07) is 3.46. The highest BCUT2D eigenvalue weighted by atomic mass is 32.1. The number of ether oxygens (including phenoxy) is 1. The van der Waals surface area contributed by atoms with Gasteiger partial charge in [-0.2, -0.15) is 25.8 Å². The Morgan fingerprint density at radius 3 is 2.47 bits per heavy atom. The molecule has 0 N–H and O–H groups in total. The lowest BCUT2D eigenvalue weighted by Gasteiger charge is -2.11. The summed E-state index contributed by atoms with van der Waals surface area (Å²) in [6.07, 6.45) is -3.85. The molecule has 1 rings (SSSR count). The maximum absolute atomic E-state index is 12.4. The fraction of sp³-hybridized carbons (Fsp3) is 0.400. The van der Waals surface area contributed by atoms with Crippen molar-refractivity contribution in [1.29, 1.82) is 0 Å². The minimum Gasteiger partial charge on any atom is -0.496 e. The molecule has 0 saturated carbocycles. The third-order valence-corrected chi connectivity index (χ3v) is 2.21. The lowest BCUT2D eigenvalue weighted by molar-refractivity contribution is -0.137. The van der Waals surface area contributed by atoms with Crippen LogP contribution in [0.15, 0.2) is 18.2 Å². The summed E-state index contributed by atoms with van der Waals surface area (Å²) in [5.74, 6) is 0.953. The second-order valence-corrected chi connectivity index (χ2v) is 3.45. The van der Waals surface area contributed by atoms with Crippen molar-refractivity contribution < 1.29 is 17.9 Å². The van der Waals surface area contributed by atoms with Crippen molar-refractivity contribution in [3.63, 3.8) is 0 Å². The molecule has 0 heterocycles. The first kappa shape index (κ1) is 12.2. The molecule has 0 aliphatic heterocycles. The van der Waals surface area contributed by atoms with Crippen molar-refractivity contribution in [2.45, 2.75) is 12.6 Å². The fourth-order valence-electron chi connectivity index (χ4n) is 1.27. The van der Waals surface area contributed by atoms with Crippen LogP contribution in [0.4, 0.5) is 13.2 Å². The molecule has 0 spiro atoms. The van der Waals surface area contributed by atoms with Gasteiger partial charge in [-0.1, -0.05) is 0 Å². The van der Waals surface area contributed by atoms with E-state index in [0.717, 1.165) is 12.1 Å². The Kier molecular flexibility index (Phi) is 3.90. The number of thiol groups is 1. The zero-order valence-electron chi connectivity index (χ0n) is 8.14. The number of rotatable bonds is 3. The van der Waals surface area contributed by atoms with Crippen molar-refractivity contribution in [3.8, 4) is 5.75 Å². The van der Waals surface area contributed by atoms with Crippen LogP contribution in [0.2, 0.25) is 0 Å². The Labute approximate surface area is 91.7 Å². The van der Waals surface area contributed by atoms with E-state index in [9.17, 15) is 13.2 Å². The van der Waals surface area contributed by atoms with E-state index in [1.54, 1.807) is 0 Å². The SMILES string of the molecule is COc1ccc(C(F)(F)F)cc1CCS. The maximum atomic E-state index is 12.4. The summed E-state index contributed by atoms with van der Waals surface area (Å²) in [5, 5.41) is 0. The maximum Gasteiger partial charge on any atom is 0.416 e. The summed E-state index contributed by atoms with van der Waals surface area (Å²) in [4.78, 5) is 0. The molecule has 15 heavy (non-hydrogen) atoms. The summed E-state index contributed by atoms with van der Waals surface area (Å²) < 4.78 is 42.1. The molecule has 0 fully saturated rings. The molecule has 0 aliphatic carbocycles. The van der Waals surface area contributed by atoms with Crippen molar-refractivity contribution in [3.05, 3.63) is 29.3 Å². The predicted molar refractivity (Wildman–Crippen MR) is 55.6 cm³/mol. The molecule has 0 atom stereocenters. The lowest BCUT2D eigenvalue weighted by atomic mass is 10.1. The van der Waals surface area contributed by atoms with Crippen LogP contribution in [0.25, 0.3) is 0 Å². The number of hydrogen-bond donors (Lipinski definition) is 1. The summed E-state index contributed by atoms with van der Waals surface area (Å²) in [5.41, 5.74) is -0.123. The van der Waals surface area contributed by atoms with Crippen LogP contribution < -0.4 is 4.74 Å². The van der Waals surface area contributed by atoms with E-state index in [2.05, 4.69) is 12.6 Å². The van der Waals surface area contributed by atoms with E-state index in [-0.39, 0.29) is 0 Å². The molecule has 0 radical (unpaired) electrons. The topological polar surface area (TPSA) is 9.23 Å². The Balaban J connectivity index is 3.10. The van der Waals surface area contributed by atoms with Gasteiger partial charge in [-0.15, -0.1) is 0 Å². The van der Waals surface area contributed by atoms with Crippen molar-refractivity contribution in [2.75, 3.05) is 12.9 Å². The molecule has 0 bridgehead atoms. The minimum atomic E-state index is -4.31. The summed E-state index contributed by atoms with van der Waals surface area (Å²) in [7, 11) is 1.44. The second-order valence-electron chi connectivity index (χ2n) is 3.00. The van der Waals surface area contributed by atoms with E-state index in [4.69, 9.17) is 4.74 Å². The minimum absolute atomic E-state index is 0.455. The normalized spacial score (nSPS) is 11.5. The monoisotopic (exact) mass is 236 g/mol. The summed E-state index contributed by atoms with van der Waals surface area (Å²) in [6.45, 7) is 0. The third-order valence-electron chi connectivity index (χ3n) is 1.99. The first-order valence-electron chi connectivity index (χ1n) is 4.34. The summed E-state index contributed by atoms with van der Waals surface area (Å²) >= 11 is 3.99. The zero-order valence-corrected chi connectivity index (χ0v) is 9.03. The van der Waals surface area contributed by atoms with Crippen LogP contribution in [0.3, 0.4) is 0 Å². The van der Waals surface area contributed by atoms with Crippen LogP contribution in [-0.4, -0.2) is 12.9 Å². The highest BCUT2D eigenvalue weighted by molar-refractivity contribution is 7.80. The van der Waals surface area contributed by atoms with Crippen LogP contribution in [0.1, 0.15) is 11.1 Å². The molecule has 0 amide bonds. The first-order chi connectivity index (χ1) is 6.99. The van der Waals surface area contributed by atoms with Crippen LogP contribution in [0.5, 0.6) is 5.75 Å². The Morgan fingerprint density at radius 1 is 1.33 bits per heavy atom. The van der Waals surface area contributed by atoms with Gasteiger partial charge in [0.2, 0.25) is 0 Å². The number of benzene rings is 1. The standard InChI is InChI=1S/C10H11F3OS/c1-14-9-3-2-8(10(11,12)13)6-7(9)4-5-15/h2-3,6,15H,4-5H2,1H3. The number of aryl methyl sites for hydroxylation is 1. The fourth-order valence-corrected chi connectivity index (χ4v) is 1.51. The van der Waals surface area contributed by atoms with Gasteiger partial charge in [0.15, 0.2) is 0 Å². The van der Waals surface area contributed by atoms with E-state index >= 15 is 0 Å². The molecule has 1 aromatic rings. The van der Waals surface area contributed by atoms with Gasteiger partial charge >= 0.3 is 6.18 Å². The molecule has 84 valence electrons. The molecule has 1 nitrogen and oxygen atoms in total. The molecule has 0 aliphatic rings. The molecule has 0 saturated heterocycles. The average Bonchev–Trinajstić information content (AvgIpc) is 2.17. The first-order valence-corrected chi connectivity index (χ1v) is 4.97. The Morgan fingerprint density at radius 2 is 2.00 bits per heavy atom. The molecule has 0 unspecified atom stereocenters. The molecule has 0 aromatic heterocycles. The van der Waals surface area contributed by atoms with Gasteiger partial charge in [0, 0.05) is 0 Å². The second kappa shape index (κ2) is 4.79.